The van der Waals surface area contributed by atoms with Crippen LogP contribution in [0.1, 0.15) is 24.8 Å². The number of rotatable bonds is 8. The molecule has 0 heterocycles. The van der Waals surface area contributed by atoms with Crippen molar-refractivity contribution >= 4 is 23.0 Å². The number of para-hydroxylation sites is 2. The molecule has 0 atom stereocenters. The fourth-order valence-electron chi connectivity index (χ4n) is 3.84. The molecular formula is C29H27NO2. The third kappa shape index (κ3) is 5.44. The normalized spacial score (nSPS) is 13.0. The Balaban J connectivity index is 1.44. The highest BCUT2D eigenvalue weighted by atomic mass is 16.5. The van der Waals surface area contributed by atoms with Gasteiger partial charge in [-0.25, -0.2) is 4.79 Å². The zero-order valence-electron chi connectivity index (χ0n) is 18.1. The van der Waals surface area contributed by atoms with Gasteiger partial charge in [0.15, 0.2) is 0 Å². The Morgan fingerprint density at radius 2 is 1.38 bits per heavy atom. The highest BCUT2D eigenvalue weighted by Gasteiger charge is 2.13. The summed E-state index contributed by atoms with van der Waals surface area (Å²) in [6.45, 7) is 3.44. The molecule has 1 aliphatic rings. The Morgan fingerprint density at radius 3 is 1.91 bits per heavy atom. The summed E-state index contributed by atoms with van der Waals surface area (Å²) < 4.78 is 5.21. The first kappa shape index (κ1) is 21.4. The number of allylic oxidation sites excluding steroid dienone is 4. The van der Waals surface area contributed by atoms with Crippen LogP contribution in [0.15, 0.2) is 121 Å². The second kappa shape index (κ2) is 10.5. The zero-order valence-corrected chi connectivity index (χ0v) is 18.1. The molecule has 0 unspecified atom stereocenters. The quantitative estimate of drug-likeness (QED) is 0.280. The van der Waals surface area contributed by atoms with Crippen LogP contribution in [0.25, 0.3) is 0 Å². The van der Waals surface area contributed by atoms with Crippen molar-refractivity contribution < 1.29 is 9.53 Å². The van der Waals surface area contributed by atoms with E-state index in [9.17, 15) is 4.79 Å². The molecule has 1 aliphatic carbocycles. The summed E-state index contributed by atoms with van der Waals surface area (Å²) in [6.07, 6.45) is 8.84. The summed E-state index contributed by atoms with van der Waals surface area (Å²) in [7, 11) is 0. The molecule has 0 N–H and O–H groups in total. The molecule has 0 aliphatic heterocycles. The van der Waals surface area contributed by atoms with Gasteiger partial charge in [0.1, 0.15) is 5.76 Å². The maximum Gasteiger partial charge on any atom is 0.335 e. The van der Waals surface area contributed by atoms with Crippen LogP contribution < -0.4 is 4.90 Å². The minimum absolute atomic E-state index is 0.395. The maximum absolute atomic E-state index is 11.3. The van der Waals surface area contributed by atoms with Gasteiger partial charge in [0, 0.05) is 29.6 Å². The van der Waals surface area contributed by atoms with E-state index < -0.39 is 5.97 Å². The molecule has 0 aromatic heterocycles. The standard InChI is InChI=1S/C29H27NO2/c1-2-29(31)32-28-21-17-24(18-22-28)14-13-23-15-19-27(20-16-23)30(25-9-5-3-6-10-25)26-11-7-4-8-12-26/h2-12,15-17,19-21H,1,13-14,18,22H2. The first-order chi connectivity index (χ1) is 15.7. The van der Waals surface area contributed by atoms with Crippen LogP contribution in [0, 0.1) is 0 Å². The second-order valence-electron chi connectivity index (χ2n) is 7.76. The van der Waals surface area contributed by atoms with Crippen molar-refractivity contribution in [3.8, 4) is 0 Å². The third-order valence-electron chi connectivity index (χ3n) is 5.55. The number of ether oxygens (including phenoxy) is 1. The molecule has 0 saturated carbocycles. The predicted octanol–water partition coefficient (Wildman–Crippen LogP) is 7.42. The SMILES string of the molecule is C=CC(=O)OC1=CC=C(CCc2ccc(N(c3ccccc3)c3ccccc3)cc2)CC1. The van der Waals surface area contributed by atoms with E-state index in [0.29, 0.717) is 5.76 Å². The second-order valence-corrected chi connectivity index (χ2v) is 7.76. The van der Waals surface area contributed by atoms with Crippen molar-refractivity contribution in [1.29, 1.82) is 0 Å². The lowest BCUT2D eigenvalue weighted by molar-refractivity contribution is -0.134. The molecule has 0 bridgehead atoms. The van der Waals surface area contributed by atoms with Crippen molar-refractivity contribution in [2.45, 2.75) is 25.7 Å². The number of aryl methyl sites for hydroxylation is 1. The minimum Gasteiger partial charge on any atom is -0.428 e. The number of benzene rings is 3. The van der Waals surface area contributed by atoms with Gasteiger partial charge in [-0.1, -0.05) is 66.8 Å². The topological polar surface area (TPSA) is 29.5 Å². The van der Waals surface area contributed by atoms with Crippen LogP contribution >= 0.6 is 0 Å². The van der Waals surface area contributed by atoms with Crippen molar-refractivity contribution in [1.82, 2.24) is 0 Å². The Bertz CT molecular complexity index is 1070. The zero-order chi connectivity index (χ0) is 22.2. The first-order valence-corrected chi connectivity index (χ1v) is 10.9. The largest absolute Gasteiger partial charge is 0.428 e. The fraction of sp³-hybridized carbons (Fsp3) is 0.138. The van der Waals surface area contributed by atoms with E-state index in [0.717, 1.165) is 42.7 Å². The molecule has 3 aromatic rings. The van der Waals surface area contributed by atoms with E-state index in [2.05, 4.69) is 90.4 Å². The van der Waals surface area contributed by atoms with Crippen LogP contribution in [-0.2, 0) is 16.0 Å². The summed E-state index contributed by atoms with van der Waals surface area (Å²) in [5, 5.41) is 0. The lowest BCUT2D eigenvalue weighted by Crippen LogP contribution is -2.09. The van der Waals surface area contributed by atoms with E-state index in [4.69, 9.17) is 4.74 Å². The molecule has 0 saturated heterocycles. The van der Waals surface area contributed by atoms with Crippen molar-refractivity contribution in [3.63, 3.8) is 0 Å². The monoisotopic (exact) mass is 421 g/mol. The number of esters is 1. The van der Waals surface area contributed by atoms with Gasteiger partial charge in [-0.05, 0) is 67.3 Å². The highest BCUT2D eigenvalue weighted by molar-refractivity contribution is 5.82. The average molecular weight is 422 g/mol. The van der Waals surface area contributed by atoms with E-state index in [1.807, 2.05) is 18.2 Å². The summed E-state index contributed by atoms with van der Waals surface area (Å²) in [5.74, 6) is 0.318. The third-order valence-corrected chi connectivity index (χ3v) is 5.55. The Labute approximate surface area is 190 Å². The molecule has 0 radical (unpaired) electrons. The van der Waals surface area contributed by atoms with Gasteiger partial charge in [-0.2, -0.15) is 0 Å². The molecule has 0 spiro atoms. The minimum atomic E-state index is -0.395. The summed E-state index contributed by atoms with van der Waals surface area (Å²) >= 11 is 0. The summed E-state index contributed by atoms with van der Waals surface area (Å²) in [4.78, 5) is 13.6. The van der Waals surface area contributed by atoms with Gasteiger partial charge in [0.05, 0.1) is 0 Å². The smallest absolute Gasteiger partial charge is 0.335 e. The highest BCUT2D eigenvalue weighted by Crippen LogP contribution is 2.34. The van der Waals surface area contributed by atoms with E-state index in [1.165, 1.54) is 17.2 Å². The molecule has 32 heavy (non-hydrogen) atoms. The van der Waals surface area contributed by atoms with Gasteiger partial charge in [0.2, 0.25) is 0 Å². The van der Waals surface area contributed by atoms with Gasteiger partial charge >= 0.3 is 5.97 Å². The van der Waals surface area contributed by atoms with Gasteiger partial charge in [-0.15, -0.1) is 0 Å². The number of carbonyl (C=O) groups excluding carboxylic acids is 1. The number of hydrogen-bond acceptors (Lipinski definition) is 3. The molecule has 0 amide bonds. The molecule has 160 valence electrons. The van der Waals surface area contributed by atoms with Gasteiger partial charge in [0.25, 0.3) is 0 Å². The van der Waals surface area contributed by atoms with Gasteiger partial charge in [-0.3, -0.25) is 0 Å². The lowest BCUT2D eigenvalue weighted by Gasteiger charge is -2.25. The Kier molecular flexibility index (Phi) is 6.98. The van der Waals surface area contributed by atoms with Gasteiger partial charge < -0.3 is 9.64 Å². The number of anilines is 3. The van der Waals surface area contributed by atoms with Crippen LogP contribution in [0.3, 0.4) is 0 Å². The van der Waals surface area contributed by atoms with E-state index in [1.54, 1.807) is 0 Å². The molecule has 0 fully saturated rings. The van der Waals surface area contributed by atoms with Crippen molar-refractivity contribution in [2.24, 2.45) is 0 Å². The van der Waals surface area contributed by atoms with Crippen LogP contribution in [0.5, 0.6) is 0 Å². The van der Waals surface area contributed by atoms with Crippen LogP contribution in [0.4, 0.5) is 17.1 Å². The first-order valence-electron chi connectivity index (χ1n) is 10.9. The van der Waals surface area contributed by atoms with Crippen LogP contribution in [0.2, 0.25) is 0 Å². The summed E-state index contributed by atoms with van der Waals surface area (Å²) in [5.41, 5.74) is 6.10. The molecule has 3 heteroatoms. The summed E-state index contributed by atoms with van der Waals surface area (Å²) in [6, 6.07) is 29.7. The average Bonchev–Trinajstić information content (AvgIpc) is 2.86. The van der Waals surface area contributed by atoms with Crippen molar-refractivity contribution in [3.05, 3.63) is 127 Å². The predicted molar refractivity (Wildman–Crippen MR) is 131 cm³/mol. The van der Waals surface area contributed by atoms with E-state index in [-0.39, 0.29) is 0 Å². The molecule has 3 aromatic carbocycles. The number of carbonyl (C=O) groups is 1. The number of nitrogens with zero attached hydrogens (tertiary/aromatic N) is 1. The maximum atomic E-state index is 11.3. The Hall–Kier alpha value is -3.85. The Morgan fingerprint density at radius 1 is 0.781 bits per heavy atom. The van der Waals surface area contributed by atoms with E-state index >= 15 is 0 Å². The fourth-order valence-corrected chi connectivity index (χ4v) is 3.84. The lowest BCUT2D eigenvalue weighted by atomic mass is 9.97. The van der Waals surface area contributed by atoms with Crippen molar-refractivity contribution in [2.75, 3.05) is 4.90 Å². The molecule has 3 nitrogen and oxygen atoms in total. The number of hydrogen-bond donors (Lipinski definition) is 0. The molecular weight excluding hydrogens is 394 g/mol. The molecule has 4 rings (SSSR count). The van der Waals surface area contributed by atoms with Crippen LogP contribution in [-0.4, -0.2) is 5.97 Å².